The Morgan fingerprint density at radius 3 is 2.57 bits per heavy atom. The summed E-state index contributed by atoms with van der Waals surface area (Å²) in [5, 5.41) is 3.40. The van der Waals surface area contributed by atoms with Gasteiger partial charge in [0.05, 0.1) is 27.4 Å². The lowest BCUT2D eigenvalue weighted by Crippen LogP contribution is -2.40. The number of unbranched alkanes of at least 4 members (excludes halogenated alkanes) is 1. The summed E-state index contributed by atoms with van der Waals surface area (Å²) < 4.78 is 16.1. The van der Waals surface area contributed by atoms with Gasteiger partial charge in [0.25, 0.3) is 0 Å². The predicted molar refractivity (Wildman–Crippen MR) is 134 cm³/mol. The standard InChI is InChI=1S/C22H38N4O3.HI/c1-5-23-22(24-11-6-7-12-26-14-16-29-17-15-26)25(2)13-10-19-8-9-20(27-3)21(18-19)28-4;/h8-9,18H,5-7,10-17H2,1-4H3,(H,23,24);1H. The number of nitrogens with zero attached hydrogens (tertiary/aromatic N) is 3. The molecule has 0 bridgehead atoms. The highest BCUT2D eigenvalue weighted by molar-refractivity contribution is 14.0. The van der Waals surface area contributed by atoms with E-state index in [1.165, 1.54) is 12.0 Å². The van der Waals surface area contributed by atoms with Crippen LogP contribution in [0.15, 0.2) is 23.2 Å². The minimum Gasteiger partial charge on any atom is -0.493 e. The van der Waals surface area contributed by atoms with Crippen LogP contribution in [-0.2, 0) is 11.2 Å². The first-order valence-corrected chi connectivity index (χ1v) is 10.7. The number of hydrogen-bond acceptors (Lipinski definition) is 5. The zero-order chi connectivity index (χ0) is 20.9. The summed E-state index contributed by atoms with van der Waals surface area (Å²) in [6.07, 6.45) is 3.20. The SMILES string of the molecule is CCNC(=NCCCCN1CCOCC1)N(C)CCc1ccc(OC)c(OC)c1.I. The molecule has 0 aromatic heterocycles. The van der Waals surface area contributed by atoms with Crippen LogP contribution in [0.3, 0.4) is 0 Å². The highest BCUT2D eigenvalue weighted by Crippen LogP contribution is 2.27. The highest BCUT2D eigenvalue weighted by Gasteiger charge is 2.10. The molecule has 2 rings (SSSR count). The Kier molecular flexibility index (Phi) is 13.9. The number of morpholine rings is 1. The number of halogens is 1. The van der Waals surface area contributed by atoms with Crippen LogP contribution in [0.5, 0.6) is 11.5 Å². The van der Waals surface area contributed by atoms with E-state index in [1.807, 2.05) is 12.1 Å². The molecule has 1 fully saturated rings. The topological polar surface area (TPSA) is 58.6 Å². The van der Waals surface area contributed by atoms with Crippen LogP contribution < -0.4 is 14.8 Å². The molecule has 30 heavy (non-hydrogen) atoms. The Hall–Kier alpha value is -1.26. The fraction of sp³-hybridized carbons (Fsp3) is 0.682. The summed E-state index contributed by atoms with van der Waals surface area (Å²) in [6.45, 7) is 9.72. The number of likely N-dealkylation sites (N-methyl/N-ethyl adjacent to an activating group) is 1. The maximum atomic E-state index is 5.40. The molecule has 0 amide bonds. The zero-order valence-corrected chi connectivity index (χ0v) is 21.3. The van der Waals surface area contributed by atoms with Gasteiger partial charge in [-0.3, -0.25) is 9.89 Å². The fourth-order valence-corrected chi connectivity index (χ4v) is 3.37. The second-order valence-corrected chi connectivity index (χ2v) is 7.26. The number of guanidine groups is 1. The fourth-order valence-electron chi connectivity index (χ4n) is 3.37. The molecule has 8 heteroatoms. The van der Waals surface area contributed by atoms with E-state index in [9.17, 15) is 0 Å². The summed E-state index contributed by atoms with van der Waals surface area (Å²) in [5.74, 6) is 2.50. The molecule has 1 heterocycles. The number of aliphatic imine (C=N–C) groups is 1. The van der Waals surface area contributed by atoms with Crippen LogP contribution in [0, 0.1) is 0 Å². The van der Waals surface area contributed by atoms with Gasteiger partial charge in [0.1, 0.15) is 0 Å². The second kappa shape index (κ2) is 15.5. The third-order valence-corrected chi connectivity index (χ3v) is 5.13. The lowest BCUT2D eigenvalue weighted by molar-refractivity contribution is 0.0373. The molecule has 0 aliphatic carbocycles. The molecular weight excluding hydrogens is 495 g/mol. The highest BCUT2D eigenvalue weighted by atomic mass is 127. The lowest BCUT2D eigenvalue weighted by Gasteiger charge is -2.26. The van der Waals surface area contributed by atoms with E-state index in [1.54, 1.807) is 14.2 Å². The zero-order valence-electron chi connectivity index (χ0n) is 19.0. The number of methoxy groups -OCH3 is 2. The Bertz CT molecular complexity index is 624. The number of ether oxygens (including phenoxy) is 3. The average molecular weight is 534 g/mol. The molecule has 7 nitrogen and oxygen atoms in total. The Morgan fingerprint density at radius 2 is 1.90 bits per heavy atom. The molecule has 0 spiro atoms. The van der Waals surface area contributed by atoms with Gasteiger partial charge in [-0.05, 0) is 50.4 Å². The Labute approximate surface area is 199 Å². The van der Waals surface area contributed by atoms with Gasteiger partial charge in [0.2, 0.25) is 0 Å². The smallest absolute Gasteiger partial charge is 0.193 e. The summed E-state index contributed by atoms with van der Waals surface area (Å²) in [5.41, 5.74) is 1.22. The van der Waals surface area contributed by atoms with Crippen molar-refractivity contribution in [1.29, 1.82) is 0 Å². The van der Waals surface area contributed by atoms with Crippen molar-refractivity contribution in [2.75, 3.05) is 73.7 Å². The number of hydrogen-bond donors (Lipinski definition) is 1. The van der Waals surface area contributed by atoms with E-state index < -0.39 is 0 Å². The quantitative estimate of drug-likeness (QED) is 0.204. The van der Waals surface area contributed by atoms with E-state index in [0.29, 0.717) is 0 Å². The van der Waals surface area contributed by atoms with Crippen molar-refractivity contribution in [2.45, 2.75) is 26.2 Å². The van der Waals surface area contributed by atoms with Crippen molar-refractivity contribution in [1.82, 2.24) is 15.1 Å². The van der Waals surface area contributed by atoms with Gasteiger partial charge in [0, 0.05) is 39.8 Å². The van der Waals surface area contributed by atoms with Crippen LogP contribution in [0.25, 0.3) is 0 Å². The molecule has 0 saturated carbocycles. The maximum Gasteiger partial charge on any atom is 0.193 e. The average Bonchev–Trinajstić information content (AvgIpc) is 2.76. The van der Waals surface area contributed by atoms with Crippen LogP contribution in [0.4, 0.5) is 0 Å². The molecule has 1 aromatic carbocycles. The summed E-state index contributed by atoms with van der Waals surface area (Å²) in [6, 6.07) is 6.09. The first kappa shape index (κ1) is 26.8. The lowest BCUT2D eigenvalue weighted by atomic mass is 10.1. The van der Waals surface area contributed by atoms with Gasteiger partial charge in [-0.1, -0.05) is 6.07 Å². The van der Waals surface area contributed by atoms with E-state index >= 15 is 0 Å². The van der Waals surface area contributed by atoms with Crippen molar-refractivity contribution in [3.8, 4) is 11.5 Å². The largest absolute Gasteiger partial charge is 0.493 e. The number of benzene rings is 1. The van der Waals surface area contributed by atoms with Crippen molar-refractivity contribution < 1.29 is 14.2 Å². The second-order valence-electron chi connectivity index (χ2n) is 7.26. The normalized spacial score (nSPS) is 14.7. The van der Waals surface area contributed by atoms with Crippen LogP contribution in [-0.4, -0.2) is 89.5 Å². The molecular formula is C22H39IN4O3. The van der Waals surface area contributed by atoms with E-state index in [-0.39, 0.29) is 24.0 Å². The van der Waals surface area contributed by atoms with Gasteiger partial charge in [-0.2, -0.15) is 0 Å². The van der Waals surface area contributed by atoms with E-state index in [4.69, 9.17) is 19.2 Å². The number of nitrogens with one attached hydrogen (secondary N) is 1. The molecule has 0 atom stereocenters. The van der Waals surface area contributed by atoms with Gasteiger partial charge in [-0.25, -0.2) is 0 Å². The monoisotopic (exact) mass is 534 g/mol. The van der Waals surface area contributed by atoms with Gasteiger partial charge < -0.3 is 24.4 Å². The van der Waals surface area contributed by atoms with Crippen LogP contribution >= 0.6 is 24.0 Å². The first-order chi connectivity index (χ1) is 14.2. The van der Waals surface area contributed by atoms with Crippen molar-refractivity contribution in [3.05, 3.63) is 23.8 Å². The maximum absolute atomic E-state index is 5.40. The van der Waals surface area contributed by atoms with Crippen LogP contribution in [0.1, 0.15) is 25.3 Å². The molecule has 1 aliphatic rings. The first-order valence-electron chi connectivity index (χ1n) is 10.7. The third-order valence-electron chi connectivity index (χ3n) is 5.13. The Morgan fingerprint density at radius 1 is 1.17 bits per heavy atom. The van der Waals surface area contributed by atoms with E-state index in [0.717, 1.165) is 82.8 Å². The van der Waals surface area contributed by atoms with Crippen molar-refractivity contribution in [2.24, 2.45) is 4.99 Å². The minimum absolute atomic E-state index is 0. The molecule has 1 saturated heterocycles. The molecule has 0 unspecified atom stereocenters. The van der Waals surface area contributed by atoms with E-state index in [2.05, 4.69) is 35.2 Å². The molecule has 1 aromatic rings. The summed E-state index contributed by atoms with van der Waals surface area (Å²) in [7, 11) is 5.42. The van der Waals surface area contributed by atoms with Gasteiger partial charge in [-0.15, -0.1) is 24.0 Å². The van der Waals surface area contributed by atoms with Gasteiger partial charge in [0.15, 0.2) is 17.5 Å². The summed E-state index contributed by atoms with van der Waals surface area (Å²) in [4.78, 5) is 9.49. The number of rotatable bonds is 11. The van der Waals surface area contributed by atoms with Crippen LogP contribution in [0.2, 0.25) is 0 Å². The Balaban J connectivity index is 0.00000450. The van der Waals surface area contributed by atoms with Crippen molar-refractivity contribution >= 4 is 29.9 Å². The summed E-state index contributed by atoms with van der Waals surface area (Å²) >= 11 is 0. The molecule has 1 aliphatic heterocycles. The van der Waals surface area contributed by atoms with Crippen molar-refractivity contribution in [3.63, 3.8) is 0 Å². The third kappa shape index (κ3) is 9.26. The minimum atomic E-state index is 0. The molecule has 0 radical (unpaired) electrons. The molecule has 172 valence electrons. The predicted octanol–water partition coefficient (Wildman–Crippen LogP) is 2.87. The molecule has 1 N–H and O–H groups in total. The van der Waals surface area contributed by atoms with Gasteiger partial charge >= 0.3 is 0 Å².